The molecule has 6 heteroatoms. The van der Waals surface area contributed by atoms with E-state index < -0.39 is 11.9 Å². The van der Waals surface area contributed by atoms with Crippen LogP contribution in [0.2, 0.25) is 0 Å². The second-order valence-electron chi connectivity index (χ2n) is 5.10. The number of aliphatic carboxylic acids is 1. The van der Waals surface area contributed by atoms with Crippen LogP contribution in [0, 0.1) is 5.92 Å². The lowest BCUT2D eigenvalue weighted by Crippen LogP contribution is -2.40. The van der Waals surface area contributed by atoms with Crippen molar-refractivity contribution < 1.29 is 14.7 Å². The number of rotatable bonds is 6. The van der Waals surface area contributed by atoms with Gasteiger partial charge in [0, 0.05) is 27.6 Å². The first-order chi connectivity index (χ1) is 10.1. The van der Waals surface area contributed by atoms with Crippen LogP contribution < -0.4 is 5.32 Å². The van der Waals surface area contributed by atoms with Gasteiger partial charge in [0.15, 0.2) is 0 Å². The third-order valence-corrected chi connectivity index (χ3v) is 5.13. The molecule has 1 saturated carbocycles. The van der Waals surface area contributed by atoms with E-state index in [1.807, 2.05) is 24.3 Å². The number of benzene rings is 1. The van der Waals surface area contributed by atoms with E-state index in [1.165, 1.54) is 0 Å². The van der Waals surface area contributed by atoms with Gasteiger partial charge in [-0.25, -0.2) is 0 Å². The van der Waals surface area contributed by atoms with Gasteiger partial charge < -0.3 is 10.4 Å². The maximum absolute atomic E-state index is 11.9. The first-order valence-corrected chi connectivity index (χ1v) is 8.74. The zero-order valence-electron chi connectivity index (χ0n) is 11.5. The number of hydrogen-bond donors (Lipinski definition) is 2. The molecule has 1 aliphatic carbocycles. The average Bonchev–Trinajstić information content (AvgIpc) is 2.89. The van der Waals surface area contributed by atoms with Crippen molar-refractivity contribution in [1.29, 1.82) is 0 Å². The summed E-state index contributed by atoms with van der Waals surface area (Å²) in [6, 6.07) is 7.75. The fraction of sp³-hybridized carbons (Fsp3) is 0.467. The predicted molar refractivity (Wildman–Crippen MR) is 86.4 cm³/mol. The SMILES string of the molecule is O=C(CCSc1ccc(Br)cc1)N[C@H]1CCC[C@H]1C(=O)O. The lowest BCUT2D eigenvalue weighted by Gasteiger charge is -2.17. The molecule has 0 spiro atoms. The van der Waals surface area contributed by atoms with Crippen molar-refractivity contribution in [3.8, 4) is 0 Å². The van der Waals surface area contributed by atoms with E-state index in [0.717, 1.165) is 22.2 Å². The van der Waals surface area contributed by atoms with E-state index in [-0.39, 0.29) is 11.9 Å². The van der Waals surface area contributed by atoms with Gasteiger partial charge in [0.25, 0.3) is 0 Å². The van der Waals surface area contributed by atoms with Gasteiger partial charge in [-0.1, -0.05) is 22.4 Å². The van der Waals surface area contributed by atoms with Gasteiger partial charge in [-0.05, 0) is 37.1 Å². The summed E-state index contributed by atoms with van der Waals surface area (Å²) in [5, 5.41) is 11.9. The van der Waals surface area contributed by atoms with Crippen LogP contribution in [-0.4, -0.2) is 28.8 Å². The van der Waals surface area contributed by atoms with Gasteiger partial charge in [-0.15, -0.1) is 11.8 Å². The monoisotopic (exact) mass is 371 g/mol. The van der Waals surface area contributed by atoms with Gasteiger partial charge in [0.05, 0.1) is 5.92 Å². The highest BCUT2D eigenvalue weighted by Gasteiger charge is 2.33. The molecule has 2 N–H and O–H groups in total. The zero-order valence-corrected chi connectivity index (χ0v) is 14.0. The number of thioether (sulfide) groups is 1. The molecule has 0 saturated heterocycles. The van der Waals surface area contributed by atoms with Crippen molar-refractivity contribution >= 4 is 39.6 Å². The highest BCUT2D eigenvalue weighted by Crippen LogP contribution is 2.26. The summed E-state index contributed by atoms with van der Waals surface area (Å²) in [5.74, 6) is -0.592. The number of nitrogens with one attached hydrogen (secondary N) is 1. The molecule has 1 aliphatic rings. The molecular formula is C15H18BrNO3S. The normalized spacial score (nSPS) is 21.2. The molecule has 2 rings (SSSR count). The highest BCUT2D eigenvalue weighted by atomic mass is 79.9. The van der Waals surface area contributed by atoms with Gasteiger partial charge in [0.1, 0.15) is 0 Å². The minimum atomic E-state index is -0.804. The number of amides is 1. The molecule has 0 bridgehead atoms. The van der Waals surface area contributed by atoms with Gasteiger partial charge in [-0.2, -0.15) is 0 Å². The van der Waals surface area contributed by atoms with Crippen LogP contribution in [0.25, 0.3) is 0 Å². The molecule has 0 unspecified atom stereocenters. The second-order valence-corrected chi connectivity index (χ2v) is 7.19. The summed E-state index contributed by atoms with van der Waals surface area (Å²) < 4.78 is 1.03. The van der Waals surface area contributed by atoms with E-state index in [1.54, 1.807) is 11.8 Å². The first kappa shape index (κ1) is 16.4. The van der Waals surface area contributed by atoms with Crippen LogP contribution in [0.4, 0.5) is 0 Å². The van der Waals surface area contributed by atoms with Gasteiger partial charge in [0.2, 0.25) is 5.91 Å². The average molecular weight is 372 g/mol. The Bertz CT molecular complexity index is 506. The van der Waals surface area contributed by atoms with Crippen molar-refractivity contribution in [1.82, 2.24) is 5.32 Å². The minimum Gasteiger partial charge on any atom is -0.481 e. The molecule has 1 amide bonds. The second kappa shape index (κ2) is 7.84. The van der Waals surface area contributed by atoms with Crippen LogP contribution in [0.5, 0.6) is 0 Å². The van der Waals surface area contributed by atoms with E-state index >= 15 is 0 Å². The topological polar surface area (TPSA) is 66.4 Å². The molecule has 0 heterocycles. The number of halogens is 1. The molecule has 21 heavy (non-hydrogen) atoms. The molecule has 1 aromatic rings. The molecule has 1 aromatic carbocycles. The Balaban J connectivity index is 1.72. The largest absolute Gasteiger partial charge is 0.481 e. The Labute approximate surface area is 136 Å². The molecule has 0 aliphatic heterocycles. The van der Waals surface area contributed by atoms with Crippen LogP contribution in [0.3, 0.4) is 0 Å². The number of hydrogen-bond acceptors (Lipinski definition) is 3. The summed E-state index contributed by atoms with van der Waals surface area (Å²) in [6.45, 7) is 0. The lowest BCUT2D eigenvalue weighted by atomic mass is 10.0. The van der Waals surface area contributed by atoms with E-state index in [9.17, 15) is 9.59 Å². The number of carboxylic acids is 1. The lowest BCUT2D eigenvalue weighted by molar-refractivity contribution is -0.142. The Hall–Kier alpha value is -1.01. The summed E-state index contributed by atoms with van der Waals surface area (Å²) in [6.07, 6.45) is 2.70. The van der Waals surface area contributed by atoms with E-state index in [4.69, 9.17) is 5.11 Å². The van der Waals surface area contributed by atoms with Crippen molar-refractivity contribution in [3.63, 3.8) is 0 Å². The maximum Gasteiger partial charge on any atom is 0.308 e. The Kier molecular flexibility index (Phi) is 6.11. The third kappa shape index (κ3) is 5.04. The number of carbonyl (C=O) groups is 2. The molecule has 1 fully saturated rings. The predicted octanol–water partition coefficient (Wildman–Crippen LogP) is 3.30. The molecule has 0 aromatic heterocycles. The van der Waals surface area contributed by atoms with Crippen LogP contribution in [0.15, 0.2) is 33.6 Å². The molecular weight excluding hydrogens is 354 g/mol. The van der Waals surface area contributed by atoms with Crippen LogP contribution >= 0.6 is 27.7 Å². The fourth-order valence-electron chi connectivity index (χ4n) is 2.50. The van der Waals surface area contributed by atoms with Crippen LogP contribution in [0.1, 0.15) is 25.7 Å². The van der Waals surface area contributed by atoms with Crippen molar-refractivity contribution in [2.24, 2.45) is 5.92 Å². The van der Waals surface area contributed by atoms with Gasteiger partial charge >= 0.3 is 5.97 Å². The van der Waals surface area contributed by atoms with Crippen molar-refractivity contribution in [2.75, 3.05) is 5.75 Å². The summed E-state index contributed by atoms with van der Waals surface area (Å²) in [4.78, 5) is 24.1. The standard InChI is InChI=1S/C15H18BrNO3S/c16-10-4-6-11(7-5-10)21-9-8-14(18)17-13-3-1-2-12(13)15(19)20/h4-7,12-13H,1-3,8-9H2,(H,17,18)(H,19,20)/t12-,13+/m1/s1. The Morgan fingerprint density at radius 2 is 2.00 bits per heavy atom. The summed E-state index contributed by atoms with van der Waals surface area (Å²) in [7, 11) is 0. The fourth-order valence-corrected chi connectivity index (χ4v) is 3.62. The minimum absolute atomic E-state index is 0.0576. The van der Waals surface area contributed by atoms with Crippen LogP contribution in [-0.2, 0) is 9.59 Å². The smallest absolute Gasteiger partial charge is 0.308 e. The van der Waals surface area contributed by atoms with Crippen molar-refractivity contribution in [3.05, 3.63) is 28.7 Å². The van der Waals surface area contributed by atoms with E-state index in [2.05, 4.69) is 21.2 Å². The van der Waals surface area contributed by atoms with E-state index in [0.29, 0.717) is 18.6 Å². The number of carboxylic acid groups (broad SMARTS) is 1. The van der Waals surface area contributed by atoms with Gasteiger partial charge in [-0.3, -0.25) is 9.59 Å². The number of carbonyl (C=O) groups excluding carboxylic acids is 1. The molecule has 2 atom stereocenters. The first-order valence-electron chi connectivity index (χ1n) is 6.97. The molecule has 4 nitrogen and oxygen atoms in total. The highest BCUT2D eigenvalue weighted by molar-refractivity contribution is 9.10. The maximum atomic E-state index is 11.9. The molecule has 114 valence electrons. The Morgan fingerprint density at radius 1 is 1.29 bits per heavy atom. The zero-order chi connectivity index (χ0) is 15.2. The summed E-state index contributed by atoms with van der Waals surface area (Å²) in [5.41, 5.74) is 0. The third-order valence-electron chi connectivity index (χ3n) is 3.59. The molecule has 0 radical (unpaired) electrons. The van der Waals surface area contributed by atoms with Crippen molar-refractivity contribution in [2.45, 2.75) is 36.6 Å². The Morgan fingerprint density at radius 3 is 2.67 bits per heavy atom. The summed E-state index contributed by atoms with van der Waals surface area (Å²) >= 11 is 5.01. The quantitative estimate of drug-likeness (QED) is 0.752.